The number of para-hydroxylation sites is 1. The van der Waals surface area contributed by atoms with Crippen LogP contribution in [0.5, 0.6) is 5.75 Å². The molecule has 2 aliphatic heterocycles. The van der Waals surface area contributed by atoms with Gasteiger partial charge in [0.05, 0.1) is 0 Å². The number of benzene rings is 3. The molecule has 1 N–H and O–H groups in total. The van der Waals surface area contributed by atoms with E-state index in [1.165, 1.54) is 22.2 Å². The molecular formula is C30H29N3O2. The Balaban J connectivity index is 1.36. The highest BCUT2D eigenvalue weighted by Gasteiger charge is 2.26. The van der Waals surface area contributed by atoms with E-state index in [0.717, 1.165) is 55.0 Å². The molecule has 0 spiro atoms. The summed E-state index contributed by atoms with van der Waals surface area (Å²) in [7, 11) is 0. The summed E-state index contributed by atoms with van der Waals surface area (Å²) in [5.41, 5.74) is 7.04. The monoisotopic (exact) mass is 463 g/mol. The molecule has 0 fully saturated rings. The molecule has 3 heterocycles. The predicted octanol–water partition coefficient (Wildman–Crippen LogP) is 5.29. The average molecular weight is 464 g/mol. The standard InChI is InChI=1S/C30H29N3O2/c34-29(31-23-10-5-2-6-11-23)21-33-26-16-18-32(20-22-8-3-1-4-9-22)17-15-24(26)30-25-12-7-19-35-28(25)14-13-27(30)33/h1-14H,15-21H2,(H,31,34). The van der Waals surface area contributed by atoms with Crippen LogP contribution in [0.1, 0.15) is 22.4 Å². The van der Waals surface area contributed by atoms with Gasteiger partial charge in [0.15, 0.2) is 0 Å². The molecule has 2 aliphatic rings. The van der Waals surface area contributed by atoms with E-state index < -0.39 is 0 Å². The molecule has 3 aromatic carbocycles. The molecule has 0 radical (unpaired) electrons. The lowest BCUT2D eigenvalue weighted by Crippen LogP contribution is -2.26. The molecule has 0 saturated heterocycles. The number of amides is 1. The van der Waals surface area contributed by atoms with Crippen LogP contribution in [0.15, 0.2) is 78.9 Å². The van der Waals surface area contributed by atoms with Gasteiger partial charge in [-0.1, -0.05) is 54.6 Å². The number of hydrogen-bond acceptors (Lipinski definition) is 3. The zero-order valence-electron chi connectivity index (χ0n) is 19.7. The van der Waals surface area contributed by atoms with Gasteiger partial charge in [-0.2, -0.15) is 0 Å². The Labute approximate surface area is 205 Å². The number of ether oxygens (including phenoxy) is 1. The normalized spacial score (nSPS) is 15.2. The molecular weight excluding hydrogens is 434 g/mol. The predicted molar refractivity (Wildman–Crippen MR) is 141 cm³/mol. The van der Waals surface area contributed by atoms with Gasteiger partial charge in [-0.25, -0.2) is 0 Å². The first-order chi connectivity index (χ1) is 17.3. The van der Waals surface area contributed by atoms with Crippen molar-refractivity contribution in [2.45, 2.75) is 25.9 Å². The van der Waals surface area contributed by atoms with Crippen LogP contribution in [0.3, 0.4) is 0 Å². The molecule has 6 rings (SSSR count). The Morgan fingerprint density at radius 1 is 0.914 bits per heavy atom. The number of rotatable bonds is 5. The van der Waals surface area contributed by atoms with Gasteiger partial charge in [0.25, 0.3) is 0 Å². The van der Waals surface area contributed by atoms with Crippen molar-refractivity contribution in [3.05, 3.63) is 101 Å². The van der Waals surface area contributed by atoms with Crippen molar-refractivity contribution in [3.8, 4) is 5.75 Å². The highest BCUT2D eigenvalue weighted by atomic mass is 16.5. The number of nitrogens with one attached hydrogen (secondary N) is 1. The highest BCUT2D eigenvalue weighted by Crippen LogP contribution is 2.38. The number of carbonyl (C=O) groups excluding carboxylic acids is 1. The SMILES string of the molecule is O=C(Cn1c2c(c3c4c(ccc31)OCC=C4)CCN(Cc1ccccc1)CC2)Nc1ccccc1. The summed E-state index contributed by atoms with van der Waals surface area (Å²) < 4.78 is 8.17. The van der Waals surface area contributed by atoms with Gasteiger partial charge < -0.3 is 14.6 Å². The molecule has 0 bridgehead atoms. The van der Waals surface area contributed by atoms with Crippen LogP contribution >= 0.6 is 0 Å². The maximum atomic E-state index is 13.1. The lowest BCUT2D eigenvalue weighted by Gasteiger charge is -2.20. The fraction of sp³-hybridized carbons (Fsp3) is 0.233. The van der Waals surface area contributed by atoms with E-state index in [-0.39, 0.29) is 5.91 Å². The van der Waals surface area contributed by atoms with Crippen molar-refractivity contribution in [3.63, 3.8) is 0 Å². The maximum Gasteiger partial charge on any atom is 0.244 e. The van der Waals surface area contributed by atoms with Crippen LogP contribution in [0.4, 0.5) is 5.69 Å². The van der Waals surface area contributed by atoms with Crippen LogP contribution in [0, 0.1) is 0 Å². The Morgan fingerprint density at radius 2 is 1.69 bits per heavy atom. The van der Waals surface area contributed by atoms with Crippen molar-refractivity contribution < 1.29 is 9.53 Å². The summed E-state index contributed by atoms with van der Waals surface area (Å²) in [4.78, 5) is 15.6. The van der Waals surface area contributed by atoms with Crippen LogP contribution < -0.4 is 10.1 Å². The number of carbonyl (C=O) groups is 1. The highest BCUT2D eigenvalue weighted by molar-refractivity contribution is 5.98. The fourth-order valence-electron chi connectivity index (χ4n) is 5.43. The number of anilines is 1. The second-order valence-corrected chi connectivity index (χ2v) is 9.27. The van der Waals surface area contributed by atoms with Crippen molar-refractivity contribution in [2.75, 3.05) is 25.0 Å². The first-order valence-corrected chi connectivity index (χ1v) is 12.3. The number of nitrogens with zero attached hydrogens (tertiary/aromatic N) is 2. The van der Waals surface area contributed by atoms with Crippen molar-refractivity contribution in [1.82, 2.24) is 9.47 Å². The molecule has 0 aliphatic carbocycles. The van der Waals surface area contributed by atoms with Gasteiger partial charge in [0.2, 0.25) is 5.91 Å². The summed E-state index contributed by atoms with van der Waals surface area (Å²) in [6, 6.07) is 24.5. The smallest absolute Gasteiger partial charge is 0.244 e. The van der Waals surface area contributed by atoms with Gasteiger partial charge in [0, 0.05) is 53.9 Å². The lowest BCUT2D eigenvalue weighted by molar-refractivity contribution is -0.116. The topological polar surface area (TPSA) is 46.5 Å². The Kier molecular flexibility index (Phi) is 5.84. The minimum absolute atomic E-state index is 0.00852. The van der Waals surface area contributed by atoms with E-state index in [1.54, 1.807) is 0 Å². The molecule has 4 aromatic rings. The Bertz CT molecular complexity index is 1390. The van der Waals surface area contributed by atoms with E-state index in [1.807, 2.05) is 36.4 Å². The molecule has 5 heteroatoms. The van der Waals surface area contributed by atoms with Gasteiger partial charge in [-0.15, -0.1) is 0 Å². The zero-order valence-corrected chi connectivity index (χ0v) is 19.7. The zero-order chi connectivity index (χ0) is 23.6. The molecule has 35 heavy (non-hydrogen) atoms. The summed E-state index contributed by atoms with van der Waals surface area (Å²) >= 11 is 0. The lowest BCUT2D eigenvalue weighted by atomic mass is 10.00. The van der Waals surface area contributed by atoms with Crippen LogP contribution in [-0.2, 0) is 30.7 Å². The van der Waals surface area contributed by atoms with Crippen molar-refractivity contribution in [1.29, 1.82) is 0 Å². The van der Waals surface area contributed by atoms with Crippen molar-refractivity contribution in [2.24, 2.45) is 0 Å². The first kappa shape index (κ1) is 21.7. The minimum Gasteiger partial charge on any atom is -0.489 e. The van der Waals surface area contributed by atoms with E-state index >= 15 is 0 Å². The third-order valence-electron chi connectivity index (χ3n) is 7.02. The van der Waals surface area contributed by atoms with Gasteiger partial charge in [-0.05, 0) is 47.9 Å². The number of aromatic nitrogens is 1. The molecule has 0 saturated carbocycles. The van der Waals surface area contributed by atoms with E-state index in [2.05, 4.69) is 63.3 Å². The van der Waals surface area contributed by atoms with Crippen LogP contribution in [0.2, 0.25) is 0 Å². The second kappa shape index (κ2) is 9.43. The third-order valence-corrected chi connectivity index (χ3v) is 7.02. The molecule has 0 unspecified atom stereocenters. The second-order valence-electron chi connectivity index (χ2n) is 9.27. The summed E-state index contributed by atoms with van der Waals surface area (Å²) in [5, 5.41) is 4.30. The average Bonchev–Trinajstić information content (AvgIpc) is 3.03. The van der Waals surface area contributed by atoms with Gasteiger partial charge in [0.1, 0.15) is 18.9 Å². The van der Waals surface area contributed by atoms with Crippen LogP contribution in [0.25, 0.3) is 17.0 Å². The van der Waals surface area contributed by atoms with E-state index in [9.17, 15) is 4.79 Å². The fourth-order valence-corrected chi connectivity index (χ4v) is 5.43. The van der Waals surface area contributed by atoms with E-state index in [0.29, 0.717) is 13.2 Å². The number of fused-ring (bicyclic) bond motifs is 5. The first-order valence-electron chi connectivity index (χ1n) is 12.3. The molecule has 5 nitrogen and oxygen atoms in total. The third kappa shape index (κ3) is 4.35. The summed E-state index contributed by atoms with van der Waals surface area (Å²) in [6.45, 7) is 3.80. The van der Waals surface area contributed by atoms with Crippen LogP contribution in [-0.4, -0.2) is 35.1 Å². The molecule has 1 aromatic heterocycles. The van der Waals surface area contributed by atoms with Gasteiger partial charge in [-0.3, -0.25) is 9.69 Å². The Hall–Kier alpha value is -3.83. The minimum atomic E-state index is -0.00852. The molecule has 176 valence electrons. The molecule has 0 atom stereocenters. The maximum absolute atomic E-state index is 13.1. The van der Waals surface area contributed by atoms with Gasteiger partial charge >= 0.3 is 0 Å². The quantitative estimate of drug-likeness (QED) is 0.438. The molecule has 1 amide bonds. The summed E-state index contributed by atoms with van der Waals surface area (Å²) in [6.07, 6.45) is 6.12. The Morgan fingerprint density at radius 3 is 2.51 bits per heavy atom. The summed E-state index contributed by atoms with van der Waals surface area (Å²) in [5.74, 6) is 0.921. The van der Waals surface area contributed by atoms with Crippen molar-refractivity contribution >= 4 is 28.6 Å². The number of hydrogen-bond donors (Lipinski definition) is 1. The van der Waals surface area contributed by atoms with E-state index in [4.69, 9.17) is 4.74 Å². The largest absolute Gasteiger partial charge is 0.489 e.